The van der Waals surface area contributed by atoms with E-state index in [1.807, 2.05) is 36.4 Å². The van der Waals surface area contributed by atoms with E-state index in [0.717, 1.165) is 35.7 Å². The summed E-state index contributed by atoms with van der Waals surface area (Å²) in [6, 6.07) is 16.2. The highest BCUT2D eigenvalue weighted by Gasteiger charge is 2.39. The molecule has 0 saturated heterocycles. The summed E-state index contributed by atoms with van der Waals surface area (Å²) in [5.41, 5.74) is 2.10. The van der Waals surface area contributed by atoms with E-state index in [4.69, 9.17) is 4.74 Å². The number of aliphatic hydroxyl groups is 1. The number of para-hydroxylation sites is 4. The molecule has 0 amide bonds. The first-order valence-corrected chi connectivity index (χ1v) is 7.59. The second-order valence-electron chi connectivity index (χ2n) is 6.02. The smallest absolute Gasteiger partial charge is 0.151 e. The summed E-state index contributed by atoms with van der Waals surface area (Å²) in [4.78, 5) is 2.27. The molecule has 1 unspecified atom stereocenters. The summed E-state index contributed by atoms with van der Waals surface area (Å²) in [5, 5.41) is 10.6. The number of hydrogen-bond acceptors (Lipinski definition) is 3. The normalized spacial score (nSPS) is 27.0. The third-order valence-corrected chi connectivity index (χ3v) is 4.70. The van der Waals surface area contributed by atoms with Crippen LogP contribution >= 0.6 is 0 Å². The molecule has 4 rings (SSSR count). The number of benzene rings is 2. The van der Waals surface area contributed by atoms with Gasteiger partial charge in [-0.15, -0.1) is 0 Å². The Morgan fingerprint density at radius 3 is 2.05 bits per heavy atom. The van der Waals surface area contributed by atoms with Gasteiger partial charge in [-0.25, -0.2) is 0 Å². The first-order chi connectivity index (χ1) is 10.3. The Balaban J connectivity index is 1.86. The van der Waals surface area contributed by atoms with Crippen molar-refractivity contribution in [2.75, 3.05) is 4.90 Å². The molecule has 1 N–H and O–H groups in total. The van der Waals surface area contributed by atoms with Crippen molar-refractivity contribution in [1.29, 1.82) is 0 Å². The minimum atomic E-state index is -0.302. The summed E-state index contributed by atoms with van der Waals surface area (Å²) in [5.74, 6) is 2.07. The van der Waals surface area contributed by atoms with E-state index in [0.29, 0.717) is 5.92 Å². The van der Waals surface area contributed by atoms with Crippen molar-refractivity contribution in [2.24, 2.45) is 5.92 Å². The van der Waals surface area contributed by atoms with Gasteiger partial charge in [0.25, 0.3) is 0 Å². The monoisotopic (exact) mass is 281 g/mol. The molecule has 3 nitrogen and oxygen atoms in total. The van der Waals surface area contributed by atoms with Gasteiger partial charge in [0, 0.05) is 0 Å². The molecule has 3 atom stereocenters. The van der Waals surface area contributed by atoms with E-state index in [2.05, 4.69) is 24.0 Å². The van der Waals surface area contributed by atoms with Crippen LogP contribution in [0.5, 0.6) is 11.5 Å². The summed E-state index contributed by atoms with van der Waals surface area (Å²) < 4.78 is 6.01. The van der Waals surface area contributed by atoms with Gasteiger partial charge in [-0.05, 0) is 43.0 Å². The van der Waals surface area contributed by atoms with Gasteiger partial charge in [0.2, 0.25) is 0 Å². The first-order valence-electron chi connectivity index (χ1n) is 7.59. The van der Waals surface area contributed by atoms with E-state index in [1.54, 1.807) is 0 Å². The Morgan fingerprint density at radius 2 is 1.52 bits per heavy atom. The van der Waals surface area contributed by atoms with Crippen LogP contribution in [0.4, 0.5) is 11.4 Å². The van der Waals surface area contributed by atoms with Crippen LogP contribution in [0.3, 0.4) is 0 Å². The zero-order valence-corrected chi connectivity index (χ0v) is 12.1. The number of aliphatic hydroxyl groups excluding tert-OH is 1. The third-order valence-electron chi connectivity index (χ3n) is 4.70. The number of nitrogens with zero attached hydrogens (tertiary/aromatic N) is 1. The minimum absolute atomic E-state index is 0.117. The van der Waals surface area contributed by atoms with E-state index in [1.165, 1.54) is 0 Å². The van der Waals surface area contributed by atoms with Crippen molar-refractivity contribution in [3.63, 3.8) is 0 Å². The lowest BCUT2D eigenvalue weighted by Crippen LogP contribution is -2.40. The lowest BCUT2D eigenvalue weighted by Gasteiger charge is -2.38. The molecule has 0 bridgehead atoms. The third kappa shape index (κ3) is 1.92. The molecule has 1 fully saturated rings. The fourth-order valence-electron chi connectivity index (χ4n) is 3.53. The maximum absolute atomic E-state index is 10.6. The lowest BCUT2D eigenvalue weighted by molar-refractivity contribution is 0.125. The standard InChI is InChI=1S/C18H19NO2/c1-12-10-11-15(18(12)20)19-13-6-2-4-8-16(13)21-17-9-5-3-7-14(17)19/h2-9,12,15,18,20H,10-11H2,1H3/t12?,15-,18-/m0/s1. The Kier molecular flexibility index (Phi) is 2.89. The Morgan fingerprint density at radius 1 is 0.952 bits per heavy atom. The Labute approximate surface area is 124 Å². The number of fused-ring (bicyclic) bond motifs is 2. The largest absolute Gasteiger partial charge is 0.453 e. The molecule has 3 heteroatoms. The number of hydrogen-bond donors (Lipinski definition) is 1. The van der Waals surface area contributed by atoms with Crippen LogP contribution < -0.4 is 9.64 Å². The molecular weight excluding hydrogens is 262 g/mol. The molecule has 2 aliphatic rings. The number of anilines is 2. The van der Waals surface area contributed by atoms with Crippen molar-refractivity contribution in [3.8, 4) is 11.5 Å². The van der Waals surface area contributed by atoms with Crippen LogP contribution in [-0.4, -0.2) is 17.3 Å². The molecule has 0 aromatic heterocycles. The summed E-state index contributed by atoms with van der Waals surface area (Å²) >= 11 is 0. The summed E-state index contributed by atoms with van der Waals surface area (Å²) in [6.45, 7) is 2.13. The topological polar surface area (TPSA) is 32.7 Å². The van der Waals surface area contributed by atoms with Crippen molar-refractivity contribution >= 4 is 11.4 Å². The summed E-state index contributed by atoms with van der Waals surface area (Å²) in [7, 11) is 0. The van der Waals surface area contributed by atoms with Gasteiger partial charge < -0.3 is 14.7 Å². The molecule has 2 aromatic rings. The molecule has 1 saturated carbocycles. The molecule has 2 aromatic carbocycles. The van der Waals surface area contributed by atoms with Crippen molar-refractivity contribution in [2.45, 2.75) is 31.9 Å². The second-order valence-corrected chi connectivity index (χ2v) is 6.02. The molecular formula is C18H19NO2. The highest BCUT2D eigenvalue weighted by molar-refractivity contribution is 5.78. The SMILES string of the molecule is CC1CC[C@H](N2c3ccccc3Oc3ccccc32)[C@H]1O. The lowest BCUT2D eigenvalue weighted by atomic mass is 10.0. The molecule has 1 aliphatic carbocycles. The minimum Gasteiger partial charge on any atom is -0.453 e. The van der Waals surface area contributed by atoms with Crippen LogP contribution in [0.25, 0.3) is 0 Å². The zero-order chi connectivity index (χ0) is 14.4. The van der Waals surface area contributed by atoms with Crippen molar-refractivity contribution in [3.05, 3.63) is 48.5 Å². The molecule has 0 spiro atoms. The number of ether oxygens (including phenoxy) is 1. The van der Waals surface area contributed by atoms with E-state index >= 15 is 0 Å². The van der Waals surface area contributed by atoms with Gasteiger partial charge in [-0.1, -0.05) is 31.2 Å². The molecule has 1 heterocycles. The fraction of sp³-hybridized carbons (Fsp3) is 0.333. The van der Waals surface area contributed by atoms with E-state index < -0.39 is 0 Å². The highest BCUT2D eigenvalue weighted by Crippen LogP contribution is 2.49. The number of rotatable bonds is 1. The fourth-order valence-corrected chi connectivity index (χ4v) is 3.53. The second kappa shape index (κ2) is 4.78. The predicted molar refractivity (Wildman–Crippen MR) is 83.3 cm³/mol. The maximum atomic E-state index is 10.6. The van der Waals surface area contributed by atoms with Gasteiger partial charge in [0.15, 0.2) is 11.5 Å². The summed E-state index contributed by atoms with van der Waals surface area (Å²) in [6.07, 6.45) is 1.77. The van der Waals surface area contributed by atoms with Crippen LogP contribution in [-0.2, 0) is 0 Å². The van der Waals surface area contributed by atoms with Gasteiger partial charge >= 0.3 is 0 Å². The first kappa shape index (κ1) is 12.7. The van der Waals surface area contributed by atoms with E-state index in [-0.39, 0.29) is 12.1 Å². The highest BCUT2D eigenvalue weighted by atomic mass is 16.5. The Hall–Kier alpha value is -2.00. The maximum Gasteiger partial charge on any atom is 0.151 e. The quantitative estimate of drug-likeness (QED) is 0.854. The van der Waals surface area contributed by atoms with Crippen LogP contribution in [0, 0.1) is 5.92 Å². The average molecular weight is 281 g/mol. The Bertz CT molecular complexity index is 624. The van der Waals surface area contributed by atoms with Gasteiger partial charge in [-0.2, -0.15) is 0 Å². The molecule has 0 radical (unpaired) electrons. The predicted octanol–water partition coefficient (Wildman–Crippen LogP) is 4.09. The van der Waals surface area contributed by atoms with Crippen molar-refractivity contribution in [1.82, 2.24) is 0 Å². The van der Waals surface area contributed by atoms with E-state index in [9.17, 15) is 5.11 Å². The van der Waals surface area contributed by atoms with Crippen molar-refractivity contribution < 1.29 is 9.84 Å². The zero-order valence-electron chi connectivity index (χ0n) is 12.1. The van der Waals surface area contributed by atoms with Crippen LogP contribution in [0.1, 0.15) is 19.8 Å². The average Bonchev–Trinajstić information content (AvgIpc) is 2.84. The molecule has 108 valence electrons. The molecule has 1 aliphatic heterocycles. The van der Waals surface area contributed by atoms with Gasteiger partial charge in [0.1, 0.15) is 0 Å². The van der Waals surface area contributed by atoms with Gasteiger partial charge in [-0.3, -0.25) is 0 Å². The van der Waals surface area contributed by atoms with Crippen LogP contribution in [0.2, 0.25) is 0 Å². The molecule has 21 heavy (non-hydrogen) atoms. The van der Waals surface area contributed by atoms with Crippen LogP contribution in [0.15, 0.2) is 48.5 Å². The van der Waals surface area contributed by atoms with Gasteiger partial charge in [0.05, 0.1) is 23.5 Å².